The van der Waals surface area contributed by atoms with Gasteiger partial charge in [-0.3, -0.25) is 4.79 Å². The van der Waals surface area contributed by atoms with Crippen molar-refractivity contribution in [2.75, 3.05) is 7.11 Å². The molecule has 4 heteroatoms. The van der Waals surface area contributed by atoms with Crippen LogP contribution < -0.4 is 5.73 Å². The molecule has 0 fully saturated rings. The number of nitrogens with two attached hydrogens (primary N) is 1. The molecule has 0 aromatic carbocycles. The Bertz CT molecular complexity index is 134. The summed E-state index contributed by atoms with van der Waals surface area (Å²) in [7, 11) is 1.37. The Hall–Kier alpha value is -0.280. The number of carbonyl (C=O) groups excluding carboxylic acids is 1. The van der Waals surface area contributed by atoms with E-state index in [9.17, 15) is 4.79 Å². The maximum absolute atomic E-state index is 11.0. The lowest BCUT2D eigenvalue weighted by molar-refractivity contribution is -0.151. The van der Waals surface area contributed by atoms with E-state index in [1.165, 1.54) is 7.11 Å². The average molecular weight is 182 g/mol. The summed E-state index contributed by atoms with van der Waals surface area (Å²) < 4.78 is 4.56. The van der Waals surface area contributed by atoms with Gasteiger partial charge in [-0.2, -0.15) is 0 Å². The first-order chi connectivity index (χ1) is 4.42. The topological polar surface area (TPSA) is 52.3 Å². The molecule has 3 nitrogen and oxygen atoms in total. The normalized spacial score (nSPS) is 13.2. The van der Waals surface area contributed by atoms with Gasteiger partial charge in [-0.15, -0.1) is 12.4 Å². The molecule has 0 amide bonds. The maximum Gasteiger partial charge on any atom is 0.312 e. The van der Waals surface area contributed by atoms with Crippen molar-refractivity contribution in [3.63, 3.8) is 0 Å². The third kappa shape index (κ3) is 3.08. The van der Waals surface area contributed by atoms with Crippen molar-refractivity contribution in [3.05, 3.63) is 0 Å². The van der Waals surface area contributed by atoms with Gasteiger partial charge in [-0.1, -0.05) is 0 Å². The van der Waals surface area contributed by atoms with Crippen molar-refractivity contribution in [3.8, 4) is 0 Å². The van der Waals surface area contributed by atoms with Crippen LogP contribution in [0.1, 0.15) is 20.8 Å². The fourth-order valence-corrected chi connectivity index (χ4v) is 0.449. The second-order valence-corrected chi connectivity index (χ2v) is 3.00. The molecular formula is C7H16ClNO2. The predicted molar refractivity (Wildman–Crippen MR) is 46.7 cm³/mol. The second-order valence-electron chi connectivity index (χ2n) is 3.00. The Morgan fingerprint density at radius 2 is 1.91 bits per heavy atom. The van der Waals surface area contributed by atoms with Crippen LogP contribution in [0, 0.1) is 5.41 Å². The van der Waals surface area contributed by atoms with Gasteiger partial charge in [0.1, 0.15) is 0 Å². The number of ether oxygens (including phenoxy) is 1. The zero-order valence-corrected chi connectivity index (χ0v) is 8.20. The molecule has 0 heterocycles. The lowest BCUT2D eigenvalue weighted by atomic mass is 9.86. The van der Waals surface area contributed by atoms with Crippen LogP contribution in [0.25, 0.3) is 0 Å². The highest BCUT2D eigenvalue weighted by molar-refractivity contribution is 5.85. The summed E-state index contributed by atoms with van der Waals surface area (Å²) in [6, 6.07) is -0.181. The minimum Gasteiger partial charge on any atom is -0.469 e. The van der Waals surface area contributed by atoms with Crippen molar-refractivity contribution >= 4 is 18.4 Å². The van der Waals surface area contributed by atoms with E-state index in [2.05, 4.69) is 4.74 Å². The van der Waals surface area contributed by atoms with Gasteiger partial charge < -0.3 is 10.5 Å². The summed E-state index contributed by atoms with van der Waals surface area (Å²) in [6.07, 6.45) is 0. The minimum absolute atomic E-state index is 0. The number of hydrogen-bond acceptors (Lipinski definition) is 3. The third-order valence-corrected chi connectivity index (χ3v) is 1.85. The molecule has 0 bridgehead atoms. The monoisotopic (exact) mass is 181 g/mol. The highest BCUT2D eigenvalue weighted by Gasteiger charge is 2.32. The van der Waals surface area contributed by atoms with E-state index in [1.807, 2.05) is 0 Å². The van der Waals surface area contributed by atoms with Crippen LogP contribution in [-0.2, 0) is 9.53 Å². The molecule has 1 atom stereocenters. The molecule has 11 heavy (non-hydrogen) atoms. The first-order valence-corrected chi connectivity index (χ1v) is 3.27. The van der Waals surface area contributed by atoms with Gasteiger partial charge in [-0.05, 0) is 20.8 Å². The Morgan fingerprint density at radius 3 is 2.00 bits per heavy atom. The molecular weight excluding hydrogens is 166 g/mol. The molecule has 0 aromatic rings. The molecule has 0 aliphatic rings. The molecule has 0 saturated heterocycles. The van der Waals surface area contributed by atoms with E-state index in [-0.39, 0.29) is 24.4 Å². The van der Waals surface area contributed by atoms with Crippen LogP contribution in [0.15, 0.2) is 0 Å². The Labute approximate surface area is 73.7 Å². The van der Waals surface area contributed by atoms with Gasteiger partial charge in [0.15, 0.2) is 0 Å². The highest BCUT2D eigenvalue weighted by atomic mass is 35.5. The maximum atomic E-state index is 11.0. The van der Waals surface area contributed by atoms with Crippen molar-refractivity contribution < 1.29 is 9.53 Å². The number of methoxy groups -OCH3 is 1. The number of rotatable bonds is 2. The second kappa shape index (κ2) is 4.57. The van der Waals surface area contributed by atoms with Crippen LogP contribution in [0.2, 0.25) is 0 Å². The Kier molecular flexibility index (Phi) is 5.53. The van der Waals surface area contributed by atoms with Crippen LogP contribution in [-0.4, -0.2) is 19.1 Å². The average Bonchev–Trinajstić information content (AvgIpc) is 1.86. The first-order valence-electron chi connectivity index (χ1n) is 3.27. The summed E-state index contributed by atoms with van der Waals surface area (Å²) in [6.45, 7) is 5.32. The molecule has 0 radical (unpaired) electrons. The molecule has 68 valence electrons. The standard InChI is InChI=1S/C7H15NO2.ClH/c1-5(8)7(2,3)6(9)10-4;/h5H,8H2,1-4H3;1H. The first kappa shape index (κ1) is 13.3. The fourth-order valence-electron chi connectivity index (χ4n) is 0.449. The van der Waals surface area contributed by atoms with Crippen LogP contribution in [0.5, 0.6) is 0 Å². The van der Waals surface area contributed by atoms with Gasteiger partial charge in [0, 0.05) is 6.04 Å². The summed E-state index contributed by atoms with van der Waals surface area (Å²) in [5.74, 6) is -0.262. The van der Waals surface area contributed by atoms with E-state index in [4.69, 9.17) is 5.73 Å². The lowest BCUT2D eigenvalue weighted by Gasteiger charge is -2.25. The van der Waals surface area contributed by atoms with Crippen LogP contribution in [0.3, 0.4) is 0 Å². The zero-order chi connectivity index (χ0) is 8.36. The fraction of sp³-hybridized carbons (Fsp3) is 0.857. The number of hydrogen-bond donors (Lipinski definition) is 1. The van der Waals surface area contributed by atoms with E-state index < -0.39 is 5.41 Å². The van der Waals surface area contributed by atoms with E-state index >= 15 is 0 Å². The molecule has 1 unspecified atom stereocenters. The minimum atomic E-state index is -0.575. The van der Waals surface area contributed by atoms with Gasteiger partial charge in [-0.25, -0.2) is 0 Å². The quantitative estimate of drug-likeness (QED) is 0.646. The smallest absolute Gasteiger partial charge is 0.312 e. The number of esters is 1. The SMILES string of the molecule is COC(=O)C(C)(C)C(C)N.Cl. The Morgan fingerprint density at radius 1 is 1.55 bits per heavy atom. The van der Waals surface area contributed by atoms with E-state index in [0.29, 0.717) is 0 Å². The summed E-state index contributed by atoms with van der Waals surface area (Å²) in [5.41, 5.74) is 4.97. The summed E-state index contributed by atoms with van der Waals surface area (Å²) >= 11 is 0. The molecule has 0 aromatic heterocycles. The highest BCUT2D eigenvalue weighted by Crippen LogP contribution is 2.19. The largest absolute Gasteiger partial charge is 0.469 e. The summed E-state index contributed by atoms with van der Waals surface area (Å²) in [5, 5.41) is 0. The van der Waals surface area contributed by atoms with Gasteiger partial charge in [0.25, 0.3) is 0 Å². The predicted octanol–water partition coefficient (Wildman–Crippen LogP) is 0.955. The van der Waals surface area contributed by atoms with Crippen molar-refractivity contribution in [1.82, 2.24) is 0 Å². The molecule has 0 saturated carbocycles. The molecule has 0 aliphatic carbocycles. The summed E-state index contributed by atoms with van der Waals surface area (Å²) in [4.78, 5) is 11.0. The zero-order valence-electron chi connectivity index (χ0n) is 7.38. The van der Waals surface area contributed by atoms with Crippen molar-refractivity contribution in [2.45, 2.75) is 26.8 Å². The Balaban J connectivity index is 0. The van der Waals surface area contributed by atoms with Crippen molar-refractivity contribution in [2.24, 2.45) is 11.1 Å². The molecule has 0 spiro atoms. The van der Waals surface area contributed by atoms with Gasteiger partial charge in [0.2, 0.25) is 0 Å². The van der Waals surface area contributed by atoms with Gasteiger partial charge in [0.05, 0.1) is 12.5 Å². The number of halogens is 1. The van der Waals surface area contributed by atoms with Gasteiger partial charge >= 0.3 is 5.97 Å². The lowest BCUT2D eigenvalue weighted by Crippen LogP contribution is -2.41. The number of carbonyl (C=O) groups is 1. The molecule has 0 aliphatic heterocycles. The van der Waals surface area contributed by atoms with E-state index in [1.54, 1.807) is 20.8 Å². The van der Waals surface area contributed by atoms with Crippen LogP contribution in [0.4, 0.5) is 0 Å². The third-order valence-electron chi connectivity index (χ3n) is 1.85. The molecule has 0 rings (SSSR count). The van der Waals surface area contributed by atoms with Crippen LogP contribution >= 0.6 is 12.4 Å². The van der Waals surface area contributed by atoms with Crippen molar-refractivity contribution in [1.29, 1.82) is 0 Å². The molecule has 2 N–H and O–H groups in total. The van der Waals surface area contributed by atoms with E-state index in [0.717, 1.165) is 0 Å².